The van der Waals surface area contributed by atoms with E-state index >= 15 is 0 Å². The number of carbonyl (C=O) groups excluding carboxylic acids is 1. The molecule has 0 unspecified atom stereocenters. The monoisotopic (exact) mass is 509 g/mol. The average Bonchev–Trinajstić information content (AvgIpc) is 3.25. The van der Waals surface area contributed by atoms with Crippen molar-refractivity contribution >= 4 is 22.6 Å². The van der Waals surface area contributed by atoms with Gasteiger partial charge in [0.25, 0.3) is 5.91 Å². The first-order valence-electron chi connectivity index (χ1n) is 12.3. The molecule has 2 heterocycles. The van der Waals surface area contributed by atoms with E-state index in [1.165, 1.54) is 17.1 Å². The first-order chi connectivity index (χ1) is 18.1. The maximum absolute atomic E-state index is 13.0. The average molecular weight is 510 g/mol. The van der Waals surface area contributed by atoms with Crippen LogP contribution in [0.15, 0.2) is 72.8 Å². The highest BCUT2D eigenvalue weighted by Crippen LogP contribution is 2.24. The van der Waals surface area contributed by atoms with Crippen LogP contribution in [0.4, 0.5) is 5.13 Å². The van der Waals surface area contributed by atoms with Gasteiger partial charge in [0.05, 0.1) is 11.6 Å². The van der Waals surface area contributed by atoms with Gasteiger partial charge in [0, 0.05) is 49.7 Å². The molecule has 0 radical (unpaired) electrons. The molecule has 1 fully saturated rings. The minimum Gasteiger partial charge on any atom is -0.457 e. The van der Waals surface area contributed by atoms with Crippen molar-refractivity contribution in [1.82, 2.24) is 14.3 Å². The number of aryl methyl sites for hydroxylation is 1. The summed E-state index contributed by atoms with van der Waals surface area (Å²) >= 11 is 1.40. The maximum atomic E-state index is 13.0. The third-order valence-corrected chi connectivity index (χ3v) is 7.11. The molecular weight excluding hydrogens is 482 g/mol. The van der Waals surface area contributed by atoms with Gasteiger partial charge in [-0.3, -0.25) is 4.79 Å². The number of benzene rings is 3. The highest BCUT2D eigenvalue weighted by molar-refractivity contribution is 7.09. The van der Waals surface area contributed by atoms with Crippen LogP contribution in [0, 0.1) is 18.3 Å². The molecule has 1 aliphatic heterocycles. The second-order valence-corrected chi connectivity index (χ2v) is 9.78. The molecule has 37 heavy (non-hydrogen) atoms. The minimum absolute atomic E-state index is 0.0355. The van der Waals surface area contributed by atoms with Gasteiger partial charge >= 0.3 is 0 Å². The van der Waals surface area contributed by atoms with Crippen molar-refractivity contribution < 1.29 is 9.53 Å². The van der Waals surface area contributed by atoms with Crippen LogP contribution in [0.3, 0.4) is 0 Å². The number of nitrogens with zero attached hydrogens (tertiary/aromatic N) is 5. The van der Waals surface area contributed by atoms with Gasteiger partial charge in [0.2, 0.25) is 5.13 Å². The van der Waals surface area contributed by atoms with E-state index in [2.05, 4.69) is 22.3 Å². The Labute approximate surface area is 220 Å². The number of ether oxygens (including phenoxy) is 1. The topological polar surface area (TPSA) is 82.4 Å². The summed E-state index contributed by atoms with van der Waals surface area (Å²) in [4.78, 5) is 21.8. The van der Waals surface area contributed by atoms with Crippen molar-refractivity contribution in [3.8, 4) is 17.6 Å². The summed E-state index contributed by atoms with van der Waals surface area (Å²) in [5.74, 6) is 2.37. The smallest absolute Gasteiger partial charge is 0.253 e. The second-order valence-electron chi connectivity index (χ2n) is 9.05. The molecule has 4 aromatic rings. The summed E-state index contributed by atoms with van der Waals surface area (Å²) in [6.07, 6.45) is 1.50. The lowest BCUT2D eigenvalue weighted by atomic mass is 10.1. The first kappa shape index (κ1) is 24.5. The zero-order valence-electron chi connectivity index (χ0n) is 20.6. The van der Waals surface area contributed by atoms with Crippen LogP contribution in [0.5, 0.6) is 11.5 Å². The van der Waals surface area contributed by atoms with Crippen LogP contribution < -0.4 is 9.64 Å². The third kappa shape index (κ3) is 6.13. The Hall–Kier alpha value is -4.22. The zero-order chi connectivity index (χ0) is 25.6. The molecule has 0 bridgehead atoms. The Morgan fingerprint density at radius 3 is 2.51 bits per heavy atom. The summed E-state index contributed by atoms with van der Waals surface area (Å²) in [5.41, 5.74) is 3.37. The molecule has 0 atom stereocenters. The number of carbonyl (C=O) groups is 1. The molecule has 5 rings (SSSR count). The molecule has 1 saturated heterocycles. The molecule has 7 nitrogen and oxygen atoms in total. The molecular formula is C29H27N5O2S. The number of hydrogen-bond donors (Lipinski definition) is 0. The maximum Gasteiger partial charge on any atom is 0.253 e. The van der Waals surface area contributed by atoms with Crippen LogP contribution in [0.25, 0.3) is 0 Å². The predicted molar refractivity (Wildman–Crippen MR) is 144 cm³/mol. The van der Waals surface area contributed by atoms with E-state index in [4.69, 9.17) is 15.0 Å². The lowest BCUT2D eigenvalue weighted by Crippen LogP contribution is -2.35. The van der Waals surface area contributed by atoms with E-state index in [1.54, 1.807) is 24.3 Å². The van der Waals surface area contributed by atoms with Gasteiger partial charge < -0.3 is 14.5 Å². The summed E-state index contributed by atoms with van der Waals surface area (Å²) in [7, 11) is 0. The molecule has 3 aromatic carbocycles. The Bertz CT molecular complexity index is 1410. The third-order valence-electron chi connectivity index (χ3n) is 6.29. The normalized spacial score (nSPS) is 13.6. The molecule has 1 aliphatic rings. The van der Waals surface area contributed by atoms with E-state index in [9.17, 15) is 4.79 Å². The highest BCUT2D eigenvalue weighted by Gasteiger charge is 2.22. The number of rotatable bonds is 6. The fourth-order valence-electron chi connectivity index (χ4n) is 4.26. The van der Waals surface area contributed by atoms with Crippen LogP contribution >= 0.6 is 11.5 Å². The van der Waals surface area contributed by atoms with Gasteiger partial charge in [0.15, 0.2) is 0 Å². The fraction of sp³-hybridized carbons (Fsp3) is 0.241. The highest BCUT2D eigenvalue weighted by atomic mass is 32.1. The second kappa shape index (κ2) is 11.2. The molecule has 186 valence electrons. The largest absolute Gasteiger partial charge is 0.457 e. The minimum atomic E-state index is -0.0355. The number of anilines is 1. The van der Waals surface area contributed by atoms with Crippen LogP contribution in [0.2, 0.25) is 0 Å². The molecule has 0 saturated carbocycles. The van der Waals surface area contributed by atoms with Crippen molar-refractivity contribution in [2.24, 2.45) is 0 Å². The van der Waals surface area contributed by atoms with Crippen LogP contribution in [0.1, 0.15) is 39.3 Å². The lowest BCUT2D eigenvalue weighted by Gasteiger charge is -2.21. The Balaban J connectivity index is 1.17. The first-order valence-corrected chi connectivity index (χ1v) is 13.1. The summed E-state index contributed by atoms with van der Waals surface area (Å²) in [6.45, 7) is 4.85. The van der Waals surface area contributed by atoms with Crippen LogP contribution in [-0.4, -0.2) is 46.3 Å². The predicted octanol–water partition coefficient (Wildman–Crippen LogP) is 5.45. The van der Waals surface area contributed by atoms with Gasteiger partial charge in [-0.2, -0.15) is 9.64 Å². The van der Waals surface area contributed by atoms with E-state index < -0.39 is 0 Å². The fourth-order valence-corrected chi connectivity index (χ4v) is 5.00. The van der Waals surface area contributed by atoms with Crippen LogP contribution in [-0.2, 0) is 6.42 Å². The zero-order valence-corrected chi connectivity index (χ0v) is 21.4. The van der Waals surface area contributed by atoms with Crippen molar-refractivity contribution in [3.63, 3.8) is 0 Å². The standard InChI is InChI=1S/C29H27N5O2S/c1-21-6-10-25(11-7-21)36-26-12-8-22(9-13-26)19-27-31-29(37-32-27)34-15-3-14-33(16-17-34)28(35)24-5-2-4-23(18-24)20-30/h2,4-13,18H,3,14-17,19H2,1H3. The van der Waals surface area contributed by atoms with E-state index in [0.717, 1.165) is 41.0 Å². The van der Waals surface area contributed by atoms with Crippen molar-refractivity contribution in [2.75, 3.05) is 31.1 Å². The molecule has 0 aliphatic carbocycles. The van der Waals surface area contributed by atoms with Gasteiger partial charge in [0.1, 0.15) is 17.3 Å². The molecule has 0 spiro atoms. The number of nitriles is 1. The van der Waals surface area contributed by atoms with E-state index in [0.29, 0.717) is 37.2 Å². The molecule has 0 N–H and O–H groups in total. The van der Waals surface area contributed by atoms with Crippen molar-refractivity contribution in [3.05, 3.63) is 101 Å². The summed E-state index contributed by atoms with van der Waals surface area (Å²) in [6, 6.07) is 25.0. The van der Waals surface area contributed by atoms with Gasteiger partial charge in [-0.15, -0.1) is 0 Å². The Kier molecular flexibility index (Phi) is 7.43. The van der Waals surface area contributed by atoms with E-state index in [1.807, 2.05) is 53.4 Å². The summed E-state index contributed by atoms with van der Waals surface area (Å²) in [5, 5.41) is 10.0. The SMILES string of the molecule is Cc1ccc(Oc2ccc(Cc3nsc(N4CCCN(C(=O)c5cccc(C#N)c5)CC4)n3)cc2)cc1. The van der Waals surface area contributed by atoms with Crippen molar-refractivity contribution in [2.45, 2.75) is 19.8 Å². The molecule has 1 amide bonds. The number of hydrogen-bond acceptors (Lipinski definition) is 7. The number of aromatic nitrogens is 2. The van der Waals surface area contributed by atoms with Gasteiger partial charge in [-0.25, -0.2) is 4.98 Å². The van der Waals surface area contributed by atoms with Crippen molar-refractivity contribution in [1.29, 1.82) is 5.26 Å². The molecule has 8 heteroatoms. The van der Waals surface area contributed by atoms with E-state index in [-0.39, 0.29) is 5.91 Å². The molecule has 1 aromatic heterocycles. The van der Waals surface area contributed by atoms with Gasteiger partial charge in [-0.05, 0) is 61.4 Å². The Morgan fingerprint density at radius 2 is 1.76 bits per heavy atom. The van der Waals surface area contributed by atoms with Gasteiger partial charge in [-0.1, -0.05) is 35.9 Å². The quantitative estimate of drug-likeness (QED) is 0.344. The number of amides is 1. The summed E-state index contributed by atoms with van der Waals surface area (Å²) < 4.78 is 10.5. The Morgan fingerprint density at radius 1 is 1.00 bits per heavy atom. The lowest BCUT2D eigenvalue weighted by molar-refractivity contribution is 0.0767.